The molecular formula is C15H18ClIN4. The van der Waals surface area contributed by atoms with Crippen molar-refractivity contribution in [3.63, 3.8) is 0 Å². The maximum atomic E-state index is 5.86. The van der Waals surface area contributed by atoms with Gasteiger partial charge in [0.2, 0.25) is 0 Å². The SMILES string of the molecule is CCc1cccc(NC(N)=NCc2ccc(Cl)cn2)c1.I. The molecule has 0 amide bonds. The molecule has 1 heterocycles. The Labute approximate surface area is 146 Å². The molecule has 112 valence electrons. The number of pyridine rings is 1. The molecule has 0 radical (unpaired) electrons. The fourth-order valence-electron chi connectivity index (χ4n) is 1.72. The topological polar surface area (TPSA) is 63.3 Å². The fourth-order valence-corrected chi connectivity index (χ4v) is 1.83. The number of aryl methyl sites for hydroxylation is 1. The maximum absolute atomic E-state index is 5.86. The number of aromatic nitrogens is 1. The molecule has 3 N–H and O–H groups in total. The summed E-state index contributed by atoms with van der Waals surface area (Å²) < 4.78 is 0. The lowest BCUT2D eigenvalue weighted by atomic mass is 10.1. The summed E-state index contributed by atoms with van der Waals surface area (Å²) in [6.07, 6.45) is 2.59. The average Bonchev–Trinajstić information content (AvgIpc) is 2.47. The second kappa shape index (κ2) is 8.84. The van der Waals surface area contributed by atoms with Crippen molar-refractivity contribution in [1.82, 2.24) is 4.98 Å². The third-order valence-electron chi connectivity index (χ3n) is 2.81. The summed E-state index contributed by atoms with van der Waals surface area (Å²) in [5, 5.41) is 3.68. The molecule has 1 aromatic carbocycles. The van der Waals surface area contributed by atoms with Gasteiger partial charge in [-0.3, -0.25) is 4.98 Å². The van der Waals surface area contributed by atoms with Gasteiger partial charge < -0.3 is 11.1 Å². The first-order valence-corrected chi connectivity index (χ1v) is 6.81. The van der Waals surface area contributed by atoms with Gasteiger partial charge in [-0.1, -0.05) is 30.7 Å². The molecular weight excluding hydrogens is 399 g/mol. The van der Waals surface area contributed by atoms with E-state index in [1.807, 2.05) is 18.2 Å². The van der Waals surface area contributed by atoms with Crippen molar-refractivity contribution in [1.29, 1.82) is 0 Å². The van der Waals surface area contributed by atoms with Crippen LogP contribution in [0.5, 0.6) is 0 Å². The van der Waals surface area contributed by atoms with Crippen LogP contribution >= 0.6 is 35.6 Å². The molecule has 0 bridgehead atoms. The molecule has 0 aliphatic heterocycles. The molecule has 1 aromatic heterocycles. The number of nitrogens with one attached hydrogen (secondary N) is 1. The Hall–Kier alpha value is -1.34. The fraction of sp³-hybridized carbons (Fsp3) is 0.200. The molecule has 0 aliphatic carbocycles. The lowest BCUT2D eigenvalue weighted by Gasteiger charge is -2.07. The van der Waals surface area contributed by atoms with E-state index in [1.165, 1.54) is 5.56 Å². The molecule has 0 atom stereocenters. The number of nitrogens with zero attached hydrogens (tertiary/aromatic N) is 2. The first-order chi connectivity index (χ1) is 9.67. The van der Waals surface area contributed by atoms with Gasteiger partial charge in [-0.2, -0.15) is 0 Å². The summed E-state index contributed by atoms with van der Waals surface area (Å²) in [4.78, 5) is 8.41. The molecule has 2 aromatic rings. The Kier molecular flexibility index (Phi) is 7.45. The molecule has 0 spiro atoms. The van der Waals surface area contributed by atoms with Crippen LogP contribution in [0.25, 0.3) is 0 Å². The summed E-state index contributed by atoms with van der Waals surface area (Å²) in [5.41, 5.74) is 8.87. The van der Waals surface area contributed by atoms with Crippen molar-refractivity contribution < 1.29 is 0 Å². The predicted octanol–water partition coefficient (Wildman–Crippen LogP) is 3.84. The van der Waals surface area contributed by atoms with Gasteiger partial charge in [0.1, 0.15) is 0 Å². The molecule has 0 fully saturated rings. The smallest absolute Gasteiger partial charge is 0.193 e. The molecule has 2 rings (SSSR count). The van der Waals surface area contributed by atoms with E-state index in [4.69, 9.17) is 17.3 Å². The van der Waals surface area contributed by atoms with Gasteiger partial charge in [0, 0.05) is 11.9 Å². The minimum atomic E-state index is 0. The molecule has 0 saturated carbocycles. The van der Waals surface area contributed by atoms with Crippen molar-refractivity contribution >= 4 is 47.2 Å². The Bertz CT molecular complexity index is 599. The van der Waals surface area contributed by atoms with Crippen LogP contribution in [0.3, 0.4) is 0 Å². The number of hydrogen-bond acceptors (Lipinski definition) is 2. The summed E-state index contributed by atoms with van der Waals surface area (Å²) >= 11 is 5.77. The van der Waals surface area contributed by atoms with E-state index >= 15 is 0 Å². The molecule has 0 unspecified atom stereocenters. The van der Waals surface area contributed by atoms with E-state index in [1.54, 1.807) is 12.3 Å². The number of guanidine groups is 1. The van der Waals surface area contributed by atoms with E-state index in [9.17, 15) is 0 Å². The van der Waals surface area contributed by atoms with Crippen LogP contribution in [-0.4, -0.2) is 10.9 Å². The number of anilines is 1. The highest BCUT2D eigenvalue weighted by atomic mass is 127. The van der Waals surface area contributed by atoms with Crippen molar-refractivity contribution in [2.75, 3.05) is 5.32 Å². The third-order valence-corrected chi connectivity index (χ3v) is 3.03. The zero-order chi connectivity index (χ0) is 14.4. The van der Waals surface area contributed by atoms with E-state index in [0.717, 1.165) is 17.8 Å². The van der Waals surface area contributed by atoms with Crippen LogP contribution in [0.1, 0.15) is 18.2 Å². The highest BCUT2D eigenvalue weighted by Gasteiger charge is 1.98. The first-order valence-electron chi connectivity index (χ1n) is 6.43. The number of rotatable bonds is 4. The van der Waals surface area contributed by atoms with Gasteiger partial charge in [0.05, 0.1) is 17.3 Å². The molecule has 4 nitrogen and oxygen atoms in total. The van der Waals surface area contributed by atoms with Gasteiger partial charge in [-0.15, -0.1) is 24.0 Å². The summed E-state index contributed by atoms with van der Waals surface area (Å²) in [5.74, 6) is 0.370. The second-order valence-corrected chi connectivity index (χ2v) is 4.78. The van der Waals surface area contributed by atoms with Gasteiger partial charge >= 0.3 is 0 Å². The van der Waals surface area contributed by atoms with Gasteiger partial charge in [0.15, 0.2) is 5.96 Å². The average molecular weight is 417 g/mol. The quantitative estimate of drug-likeness (QED) is 0.452. The minimum Gasteiger partial charge on any atom is -0.370 e. The maximum Gasteiger partial charge on any atom is 0.193 e. The minimum absolute atomic E-state index is 0. The van der Waals surface area contributed by atoms with Crippen molar-refractivity contribution in [3.8, 4) is 0 Å². The Morgan fingerprint density at radius 3 is 2.81 bits per heavy atom. The van der Waals surface area contributed by atoms with Gasteiger partial charge in [-0.25, -0.2) is 4.99 Å². The van der Waals surface area contributed by atoms with Crippen LogP contribution < -0.4 is 11.1 Å². The number of benzene rings is 1. The van der Waals surface area contributed by atoms with E-state index in [0.29, 0.717) is 17.5 Å². The van der Waals surface area contributed by atoms with Crippen LogP contribution in [0.15, 0.2) is 47.6 Å². The Morgan fingerprint density at radius 1 is 1.33 bits per heavy atom. The molecule has 0 saturated heterocycles. The van der Waals surface area contributed by atoms with Crippen LogP contribution in [0, 0.1) is 0 Å². The third kappa shape index (κ3) is 5.89. The predicted molar refractivity (Wildman–Crippen MR) is 99.4 cm³/mol. The highest BCUT2D eigenvalue weighted by Crippen LogP contribution is 2.11. The largest absolute Gasteiger partial charge is 0.370 e. The van der Waals surface area contributed by atoms with Crippen LogP contribution in [0.4, 0.5) is 5.69 Å². The van der Waals surface area contributed by atoms with Crippen LogP contribution in [0.2, 0.25) is 5.02 Å². The molecule has 21 heavy (non-hydrogen) atoms. The van der Waals surface area contributed by atoms with Gasteiger partial charge in [-0.05, 0) is 36.2 Å². The van der Waals surface area contributed by atoms with Crippen molar-refractivity contribution in [3.05, 3.63) is 58.9 Å². The van der Waals surface area contributed by atoms with Crippen molar-refractivity contribution in [2.24, 2.45) is 10.7 Å². The standard InChI is InChI=1S/C15H17ClN4.HI/c1-2-11-4-3-5-13(8-11)20-15(17)19-10-14-7-6-12(16)9-18-14;/h3-9H,2,10H2,1H3,(H3,17,19,20);1H. The van der Waals surface area contributed by atoms with E-state index in [-0.39, 0.29) is 24.0 Å². The zero-order valence-corrected chi connectivity index (χ0v) is 14.8. The number of halogens is 2. The number of nitrogens with two attached hydrogens (primary N) is 1. The second-order valence-electron chi connectivity index (χ2n) is 4.35. The highest BCUT2D eigenvalue weighted by molar-refractivity contribution is 14.0. The Balaban J connectivity index is 0.00000220. The van der Waals surface area contributed by atoms with Crippen molar-refractivity contribution in [2.45, 2.75) is 19.9 Å². The lowest BCUT2D eigenvalue weighted by Crippen LogP contribution is -2.22. The van der Waals surface area contributed by atoms with E-state index < -0.39 is 0 Å². The zero-order valence-electron chi connectivity index (χ0n) is 11.7. The summed E-state index contributed by atoms with van der Waals surface area (Å²) in [6, 6.07) is 11.7. The monoisotopic (exact) mass is 416 g/mol. The summed E-state index contributed by atoms with van der Waals surface area (Å²) in [7, 11) is 0. The normalized spacial score (nSPS) is 10.9. The molecule has 6 heteroatoms. The van der Waals surface area contributed by atoms with Gasteiger partial charge in [0.25, 0.3) is 0 Å². The van der Waals surface area contributed by atoms with Crippen LogP contribution in [-0.2, 0) is 13.0 Å². The molecule has 0 aliphatic rings. The number of aliphatic imine (C=N–C) groups is 1. The van der Waals surface area contributed by atoms with E-state index in [2.05, 4.69) is 34.3 Å². The Morgan fingerprint density at radius 2 is 2.14 bits per heavy atom. The first kappa shape index (κ1) is 17.7. The number of hydrogen-bond donors (Lipinski definition) is 2. The lowest BCUT2D eigenvalue weighted by molar-refractivity contribution is 0.985. The summed E-state index contributed by atoms with van der Waals surface area (Å²) in [6.45, 7) is 2.53.